The summed E-state index contributed by atoms with van der Waals surface area (Å²) in [6.07, 6.45) is 2.01. The van der Waals surface area contributed by atoms with Gasteiger partial charge in [0.1, 0.15) is 11.5 Å². The first-order valence-corrected chi connectivity index (χ1v) is 9.60. The lowest BCUT2D eigenvalue weighted by atomic mass is 10.0. The number of carbonyl (C=O) groups excluding carboxylic acids is 1. The molecule has 8 nitrogen and oxygen atoms in total. The molecule has 0 spiro atoms. The van der Waals surface area contributed by atoms with Gasteiger partial charge < -0.3 is 10.3 Å². The Labute approximate surface area is 167 Å². The number of hydrogen-bond acceptors (Lipinski definition) is 5. The molecule has 0 bridgehead atoms. The average Bonchev–Trinajstić information content (AvgIpc) is 3.15. The number of hydrogen-bond donors (Lipinski definition) is 2. The number of aromatic nitrogens is 5. The maximum absolute atomic E-state index is 12.6. The van der Waals surface area contributed by atoms with Gasteiger partial charge in [0.15, 0.2) is 5.65 Å². The highest BCUT2D eigenvalue weighted by Gasteiger charge is 2.22. The second kappa shape index (κ2) is 7.83. The molecule has 29 heavy (non-hydrogen) atoms. The number of nitrogens with zero attached hydrogens (tertiary/aromatic N) is 4. The van der Waals surface area contributed by atoms with Crippen LogP contribution in [0.2, 0.25) is 0 Å². The van der Waals surface area contributed by atoms with Gasteiger partial charge in [-0.05, 0) is 30.2 Å². The van der Waals surface area contributed by atoms with Crippen LogP contribution < -0.4 is 10.9 Å². The number of aromatic amines is 1. The third-order valence-electron chi connectivity index (χ3n) is 4.85. The molecule has 3 aromatic heterocycles. The molecule has 4 aromatic rings. The fourth-order valence-corrected chi connectivity index (χ4v) is 3.29. The Morgan fingerprint density at radius 2 is 1.93 bits per heavy atom. The van der Waals surface area contributed by atoms with Crippen LogP contribution >= 0.6 is 0 Å². The van der Waals surface area contributed by atoms with E-state index < -0.39 is 0 Å². The molecule has 0 aliphatic heterocycles. The van der Waals surface area contributed by atoms with Crippen molar-refractivity contribution in [2.75, 3.05) is 0 Å². The smallest absolute Gasteiger partial charge is 0.279 e. The Bertz CT molecular complexity index is 1190. The second-order valence-electron chi connectivity index (χ2n) is 7.31. The van der Waals surface area contributed by atoms with Crippen LogP contribution in [-0.2, 0) is 11.2 Å². The Kier molecular flexibility index (Phi) is 5.07. The minimum atomic E-state index is -0.251. The van der Waals surface area contributed by atoms with E-state index in [-0.39, 0.29) is 42.0 Å². The van der Waals surface area contributed by atoms with Gasteiger partial charge >= 0.3 is 0 Å². The predicted octanol–water partition coefficient (Wildman–Crippen LogP) is 2.41. The van der Waals surface area contributed by atoms with Gasteiger partial charge in [-0.1, -0.05) is 32.0 Å². The largest absolute Gasteiger partial charge is 0.346 e. The predicted molar refractivity (Wildman–Crippen MR) is 109 cm³/mol. The molecule has 4 rings (SSSR count). The molecule has 0 aliphatic rings. The minimum absolute atomic E-state index is 0.144. The van der Waals surface area contributed by atoms with E-state index >= 15 is 0 Å². The van der Waals surface area contributed by atoms with E-state index in [0.717, 1.165) is 16.9 Å². The van der Waals surface area contributed by atoms with Crippen molar-refractivity contribution < 1.29 is 4.79 Å². The normalized spacial score (nSPS) is 12.5. The quantitative estimate of drug-likeness (QED) is 0.526. The van der Waals surface area contributed by atoms with Gasteiger partial charge in [0.2, 0.25) is 5.91 Å². The van der Waals surface area contributed by atoms with E-state index in [1.165, 1.54) is 4.40 Å². The number of aryl methyl sites for hydroxylation is 1. The zero-order valence-corrected chi connectivity index (χ0v) is 16.3. The van der Waals surface area contributed by atoms with Crippen LogP contribution in [0, 0.1) is 5.92 Å². The summed E-state index contributed by atoms with van der Waals surface area (Å²) >= 11 is 0. The first-order chi connectivity index (χ1) is 14.0. The van der Waals surface area contributed by atoms with E-state index in [9.17, 15) is 9.59 Å². The summed E-state index contributed by atoms with van der Waals surface area (Å²) in [5.74, 6) is 0.703. The second-order valence-corrected chi connectivity index (χ2v) is 7.31. The van der Waals surface area contributed by atoms with E-state index in [0.29, 0.717) is 5.65 Å². The summed E-state index contributed by atoms with van der Waals surface area (Å²) in [7, 11) is 0. The topological polar surface area (TPSA) is 105 Å². The van der Waals surface area contributed by atoms with Crippen LogP contribution in [0.1, 0.15) is 37.8 Å². The van der Waals surface area contributed by atoms with Crippen LogP contribution in [-0.4, -0.2) is 30.5 Å². The molecule has 1 amide bonds. The van der Waals surface area contributed by atoms with Crippen LogP contribution in [0.3, 0.4) is 0 Å². The molecular formula is C21H22N6O2. The first-order valence-electron chi connectivity index (χ1n) is 9.60. The number of imidazole rings is 1. The summed E-state index contributed by atoms with van der Waals surface area (Å²) < 4.78 is 1.44. The molecule has 2 N–H and O–H groups in total. The Morgan fingerprint density at radius 3 is 2.72 bits per heavy atom. The summed E-state index contributed by atoms with van der Waals surface area (Å²) in [5, 5.41) is 11.1. The fourth-order valence-electron chi connectivity index (χ4n) is 3.29. The summed E-state index contributed by atoms with van der Waals surface area (Å²) in [6.45, 7) is 4.05. The molecule has 0 aliphatic carbocycles. The first kappa shape index (κ1) is 18.8. The molecular weight excluding hydrogens is 368 g/mol. The number of carbonyl (C=O) groups is 1. The van der Waals surface area contributed by atoms with Crippen molar-refractivity contribution >= 4 is 22.6 Å². The molecule has 3 heterocycles. The molecule has 8 heteroatoms. The van der Waals surface area contributed by atoms with Crippen molar-refractivity contribution in [2.45, 2.75) is 32.7 Å². The van der Waals surface area contributed by atoms with Crippen molar-refractivity contribution in [2.24, 2.45) is 5.92 Å². The lowest BCUT2D eigenvalue weighted by Crippen LogP contribution is -2.33. The highest BCUT2D eigenvalue weighted by Crippen LogP contribution is 2.22. The van der Waals surface area contributed by atoms with E-state index in [1.54, 1.807) is 24.4 Å². The van der Waals surface area contributed by atoms with Crippen molar-refractivity contribution in [3.8, 4) is 0 Å². The van der Waals surface area contributed by atoms with Gasteiger partial charge in [0, 0.05) is 19.0 Å². The monoisotopic (exact) mass is 390 g/mol. The number of fused-ring (bicyclic) bond motifs is 2. The van der Waals surface area contributed by atoms with E-state index in [1.807, 2.05) is 38.1 Å². The summed E-state index contributed by atoms with van der Waals surface area (Å²) in [5.41, 5.74) is 2.30. The highest BCUT2D eigenvalue weighted by molar-refractivity contribution is 5.77. The molecule has 1 aromatic carbocycles. The van der Waals surface area contributed by atoms with Crippen LogP contribution in [0.25, 0.3) is 16.7 Å². The zero-order chi connectivity index (χ0) is 20.4. The molecule has 148 valence electrons. The van der Waals surface area contributed by atoms with Crippen LogP contribution in [0.4, 0.5) is 0 Å². The third-order valence-corrected chi connectivity index (χ3v) is 4.85. The number of rotatable bonds is 6. The molecule has 0 saturated heterocycles. The Hall–Kier alpha value is -3.55. The van der Waals surface area contributed by atoms with Gasteiger partial charge in [0.05, 0.1) is 17.1 Å². The lowest BCUT2D eigenvalue weighted by molar-refractivity contribution is -0.122. The van der Waals surface area contributed by atoms with Crippen molar-refractivity contribution in [3.05, 3.63) is 70.5 Å². The zero-order valence-electron chi connectivity index (χ0n) is 16.3. The number of para-hydroxylation sites is 2. The molecule has 0 saturated carbocycles. The van der Waals surface area contributed by atoms with Gasteiger partial charge in [-0.3, -0.25) is 14.0 Å². The van der Waals surface area contributed by atoms with Gasteiger partial charge in [-0.25, -0.2) is 4.98 Å². The average molecular weight is 390 g/mol. The summed E-state index contributed by atoms with van der Waals surface area (Å²) in [6, 6.07) is 12.8. The lowest BCUT2D eigenvalue weighted by Gasteiger charge is -2.20. The van der Waals surface area contributed by atoms with Crippen LogP contribution in [0.15, 0.2) is 53.5 Å². The van der Waals surface area contributed by atoms with Crippen molar-refractivity contribution in [1.82, 2.24) is 29.9 Å². The van der Waals surface area contributed by atoms with Crippen molar-refractivity contribution in [3.63, 3.8) is 0 Å². The molecule has 1 unspecified atom stereocenters. The molecule has 0 fully saturated rings. The Morgan fingerprint density at radius 1 is 1.14 bits per heavy atom. The number of H-pyrrole nitrogens is 1. The number of pyridine rings is 1. The standard InChI is InChI=1S/C21H22N6O2/c1-13(2)19(20-22-14-7-3-4-8-15(14)23-20)24-18(28)11-10-16-21(29)27-12-6-5-9-17(27)26-25-16/h3-9,12-13,19H,10-11H2,1-2H3,(H,22,23)(H,24,28). The SMILES string of the molecule is CC(C)C(NC(=O)CCc1nnc2ccccn2c1=O)c1nc2ccccc2[nH]1. The number of benzene rings is 1. The van der Waals surface area contributed by atoms with Gasteiger partial charge in [0.25, 0.3) is 5.56 Å². The van der Waals surface area contributed by atoms with Crippen LogP contribution in [0.5, 0.6) is 0 Å². The molecule has 0 radical (unpaired) electrons. The van der Waals surface area contributed by atoms with E-state index in [2.05, 4.69) is 25.5 Å². The maximum atomic E-state index is 12.6. The minimum Gasteiger partial charge on any atom is -0.346 e. The fraction of sp³-hybridized carbons (Fsp3) is 0.286. The van der Waals surface area contributed by atoms with Gasteiger partial charge in [-0.2, -0.15) is 0 Å². The van der Waals surface area contributed by atoms with E-state index in [4.69, 9.17) is 0 Å². The highest BCUT2D eigenvalue weighted by atomic mass is 16.1. The number of amides is 1. The Balaban J connectivity index is 1.48. The van der Waals surface area contributed by atoms with Crippen molar-refractivity contribution in [1.29, 1.82) is 0 Å². The third kappa shape index (κ3) is 3.87. The van der Waals surface area contributed by atoms with Gasteiger partial charge in [-0.15, -0.1) is 10.2 Å². The number of nitrogens with one attached hydrogen (secondary N) is 2. The summed E-state index contributed by atoms with van der Waals surface area (Å²) in [4.78, 5) is 33.0. The maximum Gasteiger partial charge on any atom is 0.279 e. The molecule has 1 atom stereocenters.